The summed E-state index contributed by atoms with van der Waals surface area (Å²) in [5, 5.41) is 0. The van der Waals surface area contributed by atoms with Crippen LogP contribution in [0.2, 0.25) is 0 Å². The average Bonchev–Trinajstić information content (AvgIpc) is 2.02. The number of nitrogen functional groups attached to an aromatic ring is 1. The van der Waals surface area contributed by atoms with Crippen LogP contribution in [0.5, 0.6) is 0 Å². The first-order chi connectivity index (χ1) is 6.09. The van der Waals surface area contributed by atoms with Crippen molar-refractivity contribution in [2.75, 3.05) is 11.5 Å². The molecular weight excluding hydrogens is 192 g/mol. The summed E-state index contributed by atoms with van der Waals surface area (Å²) in [5.41, 5.74) is 7.26. The summed E-state index contributed by atoms with van der Waals surface area (Å²) >= 11 is 1.09. The van der Waals surface area contributed by atoms with Gasteiger partial charge in [-0.05, 0) is 24.6 Å². The maximum Gasteiger partial charge on any atom is 0.247 e. The number of benzene rings is 1. The Morgan fingerprint density at radius 1 is 1.46 bits per heavy atom. The summed E-state index contributed by atoms with van der Waals surface area (Å²) in [5.74, 6) is -0.201. The van der Waals surface area contributed by atoms with E-state index in [0.29, 0.717) is 5.69 Å². The van der Waals surface area contributed by atoms with E-state index < -0.39 is 6.43 Å². The molecule has 0 aromatic heterocycles. The smallest absolute Gasteiger partial charge is 0.247 e. The molecule has 0 aliphatic heterocycles. The lowest BCUT2D eigenvalue weighted by Gasteiger charge is -2.05. The van der Waals surface area contributed by atoms with E-state index in [1.807, 2.05) is 13.0 Å². The fourth-order valence-corrected chi connectivity index (χ4v) is 1.65. The zero-order chi connectivity index (χ0) is 9.84. The molecule has 0 fully saturated rings. The molecule has 0 aliphatic rings. The Kier molecular flexibility index (Phi) is 3.54. The van der Waals surface area contributed by atoms with Crippen LogP contribution in [-0.4, -0.2) is 12.2 Å². The Hall–Kier alpha value is -0.770. The van der Waals surface area contributed by atoms with Crippen molar-refractivity contribution in [3.8, 4) is 0 Å². The van der Waals surface area contributed by atoms with Gasteiger partial charge in [-0.1, -0.05) is 6.07 Å². The van der Waals surface area contributed by atoms with E-state index >= 15 is 0 Å². The largest absolute Gasteiger partial charge is 0.398 e. The molecular formula is C9H11F2NS. The molecule has 0 radical (unpaired) electrons. The zero-order valence-corrected chi connectivity index (χ0v) is 8.07. The molecule has 1 aromatic rings. The highest BCUT2D eigenvalue weighted by Crippen LogP contribution is 2.26. The van der Waals surface area contributed by atoms with Crippen LogP contribution in [0.3, 0.4) is 0 Å². The molecule has 1 aromatic carbocycles. The maximum atomic E-state index is 11.9. The molecule has 0 saturated carbocycles. The van der Waals surface area contributed by atoms with Gasteiger partial charge in [-0.25, -0.2) is 8.78 Å². The number of hydrogen-bond acceptors (Lipinski definition) is 2. The first-order valence-electron chi connectivity index (χ1n) is 3.86. The third kappa shape index (κ3) is 3.22. The fourth-order valence-electron chi connectivity index (χ4n) is 0.952. The quantitative estimate of drug-likeness (QED) is 0.603. The average molecular weight is 203 g/mol. The highest BCUT2D eigenvalue weighted by atomic mass is 32.2. The molecule has 0 saturated heterocycles. The number of anilines is 1. The molecule has 0 aliphatic carbocycles. The number of halogens is 2. The van der Waals surface area contributed by atoms with E-state index in [0.717, 1.165) is 22.2 Å². The maximum absolute atomic E-state index is 11.9. The van der Waals surface area contributed by atoms with E-state index in [9.17, 15) is 8.78 Å². The Morgan fingerprint density at radius 2 is 2.15 bits per heavy atom. The number of aryl methyl sites for hydroxylation is 1. The van der Waals surface area contributed by atoms with Gasteiger partial charge in [0.25, 0.3) is 0 Å². The molecule has 13 heavy (non-hydrogen) atoms. The summed E-state index contributed by atoms with van der Waals surface area (Å²) in [7, 11) is 0. The van der Waals surface area contributed by atoms with Crippen LogP contribution in [0.1, 0.15) is 5.56 Å². The molecule has 72 valence electrons. The number of rotatable bonds is 3. The summed E-state index contributed by atoms with van der Waals surface area (Å²) in [4.78, 5) is 0.728. The number of nitrogens with two attached hydrogens (primary N) is 1. The highest BCUT2D eigenvalue weighted by molar-refractivity contribution is 7.99. The van der Waals surface area contributed by atoms with Crippen molar-refractivity contribution in [3.05, 3.63) is 23.8 Å². The van der Waals surface area contributed by atoms with Crippen LogP contribution in [0.4, 0.5) is 14.5 Å². The molecule has 1 rings (SSSR count). The minimum absolute atomic E-state index is 0.201. The predicted octanol–water partition coefficient (Wildman–Crippen LogP) is 2.93. The third-order valence-electron chi connectivity index (χ3n) is 1.53. The van der Waals surface area contributed by atoms with Gasteiger partial charge in [0.1, 0.15) is 0 Å². The van der Waals surface area contributed by atoms with Crippen LogP contribution in [0.25, 0.3) is 0 Å². The molecule has 0 heterocycles. The first kappa shape index (κ1) is 10.3. The van der Waals surface area contributed by atoms with E-state index in [2.05, 4.69) is 0 Å². The van der Waals surface area contributed by atoms with Gasteiger partial charge >= 0.3 is 0 Å². The highest BCUT2D eigenvalue weighted by Gasteiger charge is 2.05. The van der Waals surface area contributed by atoms with Gasteiger partial charge < -0.3 is 5.73 Å². The van der Waals surface area contributed by atoms with Gasteiger partial charge in [0.05, 0.1) is 5.75 Å². The normalized spacial score (nSPS) is 10.8. The summed E-state index contributed by atoms with van der Waals surface area (Å²) in [6.45, 7) is 1.91. The minimum Gasteiger partial charge on any atom is -0.398 e. The summed E-state index contributed by atoms with van der Waals surface area (Å²) in [6, 6.07) is 5.43. The Labute approximate surface area is 80.3 Å². The molecule has 4 heteroatoms. The predicted molar refractivity (Wildman–Crippen MR) is 52.3 cm³/mol. The molecule has 2 N–H and O–H groups in total. The van der Waals surface area contributed by atoms with Crippen LogP contribution >= 0.6 is 11.8 Å². The van der Waals surface area contributed by atoms with E-state index in [1.165, 1.54) is 0 Å². The molecule has 0 amide bonds. The van der Waals surface area contributed by atoms with E-state index in [1.54, 1.807) is 12.1 Å². The van der Waals surface area contributed by atoms with Crippen LogP contribution < -0.4 is 5.73 Å². The molecule has 0 bridgehead atoms. The van der Waals surface area contributed by atoms with Crippen molar-refractivity contribution in [2.45, 2.75) is 18.2 Å². The third-order valence-corrected chi connectivity index (χ3v) is 2.63. The zero-order valence-electron chi connectivity index (χ0n) is 7.26. The Balaban J connectivity index is 2.67. The van der Waals surface area contributed by atoms with Crippen molar-refractivity contribution in [2.24, 2.45) is 0 Å². The fraction of sp³-hybridized carbons (Fsp3) is 0.333. The van der Waals surface area contributed by atoms with Crippen LogP contribution in [0.15, 0.2) is 23.1 Å². The topological polar surface area (TPSA) is 26.0 Å². The van der Waals surface area contributed by atoms with Gasteiger partial charge in [0.15, 0.2) is 0 Å². The molecule has 0 unspecified atom stereocenters. The van der Waals surface area contributed by atoms with Crippen molar-refractivity contribution in [3.63, 3.8) is 0 Å². The number of alkyl halides is 2. The first-order valence-corrected chi connectivity index (χ1v) is 4.85. The summed E-state index contributed by atoms with van der Waals surface area (Å²) < 4.78 is 23.7. The van der Waals surface area contributed by atoms with Crippen molar-refractivity contribution >= 4 is 17.4 Å². The second-order valence-corrected chi connectivity index (χ2v) is 3.81. The van der Waals surface area contributed by atoms with Gasteiger partial charge in [-0.15, -0.1) is 11.8 Å². The number of hydrogen-bond donors (Lipinski definition) is 1. The second kappa shape index (κ2) is 4.46. The lowest BCUT2D eigenvalue weighted by Crippen LogP contribution is -1.95. The number of thioether (sulfide) groups is 1. The molecule has 1 nitrogen and oxygen atoms in total. The second-order valence-electron chi connectivity index (χ2n) is 2.74. The van der Waals surface area contributed by atoms with Crippen molar-refractivity contribution in [1.29, 1.82) is 0 Å². The lowest BCUT2D eigenvalue weighted by atomic mass is 10.2. The monoisotopic (exact) mass is 203 g/mol. The minimum atomic E-state index is -2.29. The van der Waals surface area contributed by atoms with Gasteiger partial charge in [-0.3, -0.25) is 0 Å². The van der Waals surface area contributed by atoms with Crippen LogP contribution in [0, 0.1) is 6.92 Å². The van der Waals surface area contributed by atoms with Crippen molar-refractivity contribution in [1.82, 2.24) is 0 Å². The van der Waals surface area contributed by atoms with E-state index in [4.69, 9.17) is 5.73 Å². The standard InChI is InChI=1S/C9H11F2NS/c1-6-2-3-8(7(12)4-6)13-5-9(10)11/h2-4,9H,5,12H2,1H3. The Bertz CT molecular complexity index is 289. The molecule has 0 atom stereocenters. The van der Waals surface area contributed by atoms with Crippen molar-refractivity contribution < 1.29 is 8.78 Å². The van der Waals surface area contributed by atoms with Crippen LogP contribution in [-0.2, 0) is 0 Å². The molecule has 0 spiro atoms. The SMILES string of the molecule is Cc1ccc(SCC(F)F)c(N)c1. The van der Waals surface area contributed by atoms with Gasteiger partial charge in [0.2, 0.25) is 6.43 Å². The van der Waals surface area contributed by atoms with Gasteiger partial charge in [-0.2, -0.15) is 0 Å². The van der Waals surface area contributed by atoms with Gasteiger partial charge in [0, 0.05) is 10.6 Å². The lowest BCUT2D eigenvalue weighted by molar-refractivity contribution is 0.177. The van der Waals surface area contributed by atoms with E-state index in [-0.39, 0.29) is 5.75 Å². The summed E-state index contributed by atoms with van der Waals surface area (Å²) in [6.07, 6.45) is -2.29. The Morgan fingerprint density at radius 3 is 2.69 bits per heavy atom.